The van der Waals surface area contributed by atoms with E-state index >= 15 is 0 Å². The highest BCUT2D eigenvalue weighted by molar-refractivity contribution is 5.85. The zero-order chi connectivity index (χ0) is 12.8. The molecular weight excluding hydrogens is 210 g/mol. The van der Waals surface area contributed by atoms with Gasteiger partial charge in [0.1, 0.15) is 5.54 Å². The van der Waals surface area contributed by atoms with Crippen LogP contribution in [0.25, 0.3) is 0 Å². The third kappa shape index (κ3) is 3.77. The molecule has 6 heteroatoms. The van der Waals surface area contributed by atoms with Crippen molar-refractivity contribution >= 4 is 12.0 Å². The summed E-state index contributed by atoms with van der Waals surface area (Å²) in [6.45, 7) is 3.41. The number of nitrogens with zero attached hydrogens (tertiary/aromatic N) is 2. The van der Waals surface area contributed by atoms with Crippen molar-refractivity contribution in [3.05, 3.63) is 0 Å². The minimum Gasteiger partial charge on any atom is -0.480 e. The highest BCUT2D eigenvalue weighted by Gasteiger charge is 2.33. The van der Waals surface area contributed by atoms with Crippen LogP contribution in [0.2, 0.25) is 0 Å². The molecule has 0 aromatic heterocycles. The molecule has 0 aromatic carbocycles. The Morgan fingerprint density at radius 1 is 1.56 bits per heavy atom. The van der Waals surface area contributed by atoms with Gasteiger partial charge in [0.05, 0.1) is 12.5 Å². The Morgan fingerprint density at radius 2 is 2.12 bits per heavy atom. The third-order valence-corrected chi connectivity index (χ3v) is 2.47. The fourth-order valence-corrected chi connectivity index (χ4v) is 0.944. The van der Waals surface area contributed by atoms with Crippen molar-refractivity contribution in [3.8, 4) is 6.07 Å². The van der Waals surface area contributed by atoms with Crippen molar-refractivity contribution in [2.45, 2.75) is 32.2 Å². The Balaban J connectivity index is 4.43. The molecule has 1 atom stereocenters. The normalized spacial score (nSPS) is 13.4. The summed E-state index contributed by atoms with van der Waals surface area (Å²) in [5, 5.41) is 19.7. The molecule has 2 N–H and O–H groups in total. The van der Waals surface area contributed by atoms with E-state index in [0.717, 1.165) is 0 Å². The van der Waals surface area contributed by atoms with E-state index in [9.17, 15) is 9.59 Å². The fraction of sp³-hybridized carbons (Fsp3) is 0.700. The summed E-state index contributed by atoms with van der Waals surface area (Å²) in [5.74, 6) is -1.07. The van der Waals surface area contributed by atoms with E-state index < -0.39 is 17.5 Å². The van der Waals surface area contributed by atoms with Gasteiger partial charge in [-0.05, 0) is 13.3 Å². The van der Waals surface area contributed by atoms with E-state index in [0.29, 0.717) is 6.42 Å². The van der Waals surface area contributed by atoms with E-state index in [1.165, 1.54) is 18.9 Å². The first-order valence-electron chi connectivity index (χ1n) is 5.01. The van der Waals surface area contributed by atoms with Gasteiger partial charge in [-0.2, -0.15) is 5.26 Å². The molecule has 0 saturated carbocycles. The Hall–Kier alpha value is -1.77. The van der Waals surface area contributed by atoms with Gasteiger partial charge in [-0.1, -0.05) is 6.92 Å². The molecule has 0 radical (unpaired) electrons. The second-order valence-corrected chi connectivity index (χ2v) is 3.75. The maximum absolute atomic E-state index is 11.6. The van der Waals surface area contributed by atoms with Gasteiger partial charge in [0, 0.05) is 13.6 Å². The maximum atomic E-state index is 11.6. The molecule has 0 fully saturated rings. The molecule has 0 rings (SSSR count). The Morgan fingerprint density at radius 3 is 2.50 bits per heavy atom. The SMILES string of the molecule is CCC(C)(NC(=O)N(C)CCC#N)C(=O)O. The lowest BCUT2D eigenvalue weighted by Crippen LogP contribution is -2.55. The molecule has 0 aromatic rings. The number of carbonyl (C=O) groups is 2. The van der Waals surface area contributed by atoms with Gasteiger partial charge in [0.2, 0.25) is 0 Å². The Labute approximate surface area is 94.8 Å². The number of carboxylic acid groups (broad SMARTS) is 1. The van der Waals surface area contributed by atoms with Crippen LogP contribution in [-0.4, -0.2) is 41.1 Å². The lowest BCUT2D eigenvalue weighted by atomic mass is 10.00. The summed E-state index contributed by atoms with van der Waals surface area (Å²) < 4.78 is 0. The number of carboxylic acids is 1. The van der Waals surface area contributed by atoms with Crippen molar-refractivity contribution in [2.75, 3.05) is 13.6 Å². The van der Waals surface area contributed by atoms with Gasteiger partial charge in [-0.25, -0.2) is 9.59 Å². The summed E-state index contributed by atoms with van der Waals surface area (Å²) in [7, 11) is 1.52. The van der Waals surface area contributed by atoms with E-state index in [-0.39, 0.29) is 13.0 Å². The van der Waals surface area contributed by atoms with Crippen LogP contribution in [0.3, 0.4) is 0 Å². The number of hydrogen-bond donors (Lipinski definition) is 2. The van der Waals surface area contributed by atoms with E-state index in [4.69, 9.17) is 10.4 Å². The molecule has 16 heavy (non-hydrogen) atoms. The van der Waals surface area contributed by atoms with Gasteiger partial charge in [-0.15, -0.1) is 0 Å². The van der Waals surface area contributed by atoms with Crippen molar-refractivity contribution in [1.82, 2.24) is 10.2 Å². The summed E-state index contributed by atoms with van der Waals surface area (Å²) in [6.07, 6.45) is 0.514. The Bertz CT molecular complexity index is 311. The summed E-state index contributed by atoms with van der Waals surface area (Å²) in [6, 6.07) is 1.43. The molecule has 0 aliphatic heterocycles. The predicted octanol–water partition coefficient (Wildman–Crippen LogP) is 0.795. The number of carbonyl (C=O) groups excluding carboxylic acids is 1. The van der Waals surface area contributed by atoms with Crippen LogP contribution >= 0.6 is 0 Å². The topological polar surface area (TPSA) is 93.4 Å². The molecule has 6 nitrogen and oxygen atoms in total. The van der Waals surface area contributed by atoms with Crippen LogP contribution in [0.1, 0.15) is 26.7 Å². The number of rotatable bonds is 5. The van der Waals surface area contributed by atoms with E-state index in [1.54, 1.807) is 6.92 Å². The summed E-state index contributed by atoms with van der Waals surface area (Å²) in [4.78, 5) is 23.8. The number of nitriles is 1. The number of amides is 2. The van der Waals surface area contributed by atoms with Gasteiger partial charge < -0.3 is 15.3 Å². The summed E-state index contributed by atoms with van der Waals surface area (Å²) in [5.41, 5.74) is -1.27. The average molecular weight is 227 g/mol. The lowest BCUT2D eigenvalue weighted by Gasteiger charge is -2.27. The molecule has 0 aliphatic rings. The van der Waals surface area contributed by atoms with Crippen LogP contribution in [0.4, 0.5) is 4.79 Å². The summed E-state index contributed by atoms with van der Waals surface area (Å²) >= 11 is 0. The third-order valence-electron chi connectivity index (χ3n) is 2.47. The molecule has 2 amide bonds. The van der Waals surface area contributed by atoms with Crippen molar-refractivity contribution in [1.29, 1.82) is 5.26 Å². The zero-order valence-electron chi connectivity index (χ0n) is 9.78. The molecule has 1 unspecified atom stereocenters. The average Bonchev–Trinajstić information content (AvgIpc) is 2.25. The van der Waals surface area contributed by atoms with Crippen LogP contribution in [0, 0.1) is 11.3 Å². The molecule has 90 valence electrons. The van der Waals surface area contributed by atoms with Crippen LogP contribution < -0.4 is 5.32 Å². The minimum absolute atomic E-state index is 0.222. The second-order valence-electron chi connectivity index (χ2n) is 3.75. The maximum Gasteiger partial charge on any atom is 0.329 e. The standard InChI is InChI=1S/C10H17N3O3/c1-4-10(2,8(14)15)12-9(16)13(3)7-5-6-11/h4-5,7H2,1-3H3,(H,12,16)(H,14,15). The van der Waals surface area contributed by atoms with Gasteiger partial charge in [0.25, 0.3) is 0 Å². The molecule has 0 heterocycles. The largest absolute Gasteiger partial charge is 0.480 e. The highest BCUT2D eigenvalue weighted by Crippen LogP contribution is 2.09. The van der Waals surface area contributed by atoms with Crippen LogP contribution in [0.15, 0.2) is 0 Å². The predicted molar refractivity (Wildman–Crippen MR) is 57.7 cm³/mol. The second kappa shape index (κ2) is 5.95. The first kappa shape index (κ1) is 14.2. The molecule has 0 bridgehead atoms. The van der Waals surface area contributed by atoms with Gasteiger partial charge in [0.15, 0.2) is 0 Å². The van der Waals surface area contributed by atoms with Crippen molar-refractivity contribution < 1.29 is 14.7 Å². The zero-order valence-corrected chi connectivity index (χ0v) is 9.78. The van der Waals surface area contributed by atoms with Gasteiger partial charge >= 0.3 is 12.0 Å². The molecule has 0 saturated heterocycles. The highest BCUT2D eigenvalue weighted by atomic mass is 16.4. The first-order chi connectivity index (χ1) is 7.37. The number of hydrogen-bond acceptors (Lipinski definition) is 3. The number of aliphatic carboxylic acids is 1. The quantitative estimate of drug-likeness (QED) is 0.726. The Kier molecular flexibility index (Phi) is 5.30. The monoisotopic (exact) mass is 227 g/mol. The minimum atomic E-state index is -1.27. The van der Waals surface area contributed by atoms with Crippen LogP contribution in [0.5, 0.6) is 0 Å². The number of nitrogens with one attached hydrogen (secondary N) is 1. The lowest BCUT2D eigenvalue weighted by molar-refractivity contribution is -0.143. The first-order valence-corrected chi connectivity index (χ1v) is 5.01. The smallest absolute Gasteiger partial charge is 0.329 e. The number of urea groups is 1. The van der Waals surface area contributed by atoms with Gasteiger partial charge in [-0.3, -0.25) is 0 Å². The van der Waals surface area contributed by atoms with E-state index in [2.05, 4.69) is 5.32 Å². The van der Waals surface area contributed by atoms with Crippen molar-refractivity contribution in [2.24, 2.45) is 0 Å². The molecular formula is C10H17N3O3. The molecule has 0 spiro atoms. The van der Waals surface area contributed by atoms with Crippen molar-refractivity contribution in [3.63, 3.8) is 0 Å². The fourth-order valence-electron chi connectivity index (χ4n) is 0.944. The molecule has 0 aliphatic carbocycles. The van der Waals surface area contributed by atoms with E-state index in [1.807, 2.05) is 6.07 Å². The van der Waals surface area contributed by atoms with Crippen LogP contribution in [-0.2, 0) is 4.79 Å².